The lowest BCUT2D eigenvalue weighted by Crippen LogP contribution is -2.34. The zero-order valence-electron chi connectivity index (χ0n) is 14.1. The molecule has 0 fully saturated rings. The Morgan fingerprint density at radius 3 is 1.50 bits per heavy atom. The van der Waals surface area contributed by atoms with Crippen molar-refractivity contribution in [3.05, 3.63) is 101 Å². The molecule has 0 radical (unpaired) electrons. The van der Waals surface area contributed by atoms with Gasteiger partial charge < -0.3 is 4.90 Å². The molecule has 0 heterocycles. The van der Waals surface area contributed by atoms with Crippen molar-refractivity contribution in [1.29, 1.82) is 0 Å². The second-order valence-electron chi connectivity index (χ2n) is 5.91. The predicted octanol–water partition coefficient (Wildman–Crippen LogP) is 4.91. The molecule has 0 atom stereocenters. The summed E-state index contributed by atoms with van der Waals surface area (Å²) in [4.78, 5) is 27.0. The molecule has 130 valence electrons. The maximum Gasteiger partial charge on any atom is 0.182 e. The first-order chi connectivity index (χ1) is 12.6. The zero-order valence-corrected chi connectivity index (χ0v) is 14.9. The molecule has 3 nitrogen and oxygen atoms in total. The monoisotopic (exact) mass is 363 g/mol. The molecule has 0 aliphatic carbocycles. The summed E-state index contributed by atoms with van der Waals surface area (Å²) in [5.74, 6) is -0.0807. The van der Waals surface area contributed by atoms with Gasteiger partial charge in [-0.05, 0) is 24.3 Å². The van der Waals surface area contributed by atoms with E-state index < -0.39 is 0 Å². The molecule has 0 saturated heterocycles. The minimum atomic E-state index is -0.0404. The lowest BCUT2D eigenvalue weighted by Gasteiger charge is -2.23. The molecule has 0 aliphatic rings. The van der Waals surface area contributed by atoms with Crippen LogP contribution >= 0.6 is 11.6 Å². The maximum absolute atomic E-state index is 12.6. The molecule has 0 N–H and O–H groups in total. The third kappa shape index (κ3) is 4.58. The fourth-order valence-electron chi connectivity index (χ4n) is 2.67. The van der Waals surface area contributed by atoms with Crippen LogP contribution in [-0.2, 0) is 0 Å². The molecule has 0 spiro atoms. The minimum absolute atomic E-state index is 0.0404. The van der Waals surface area contributed by atoms with E-state index in [9.17, 15) is 9.59 Å². The van der Waals surface area contributed by atoms with Crippen LogP contribution < -0.4 is 4.90 Å². The summed E-state index contributed by atoms with van der Waals surface area (Å²) >= 11 is 5.97. The fraction of sp³-hybridized carbons (Fsp3) is 0.0909. The van der Waals surface area contributed by atoms with Crippen molar-refractivity contribution in [3.63, 3.8) is 0 Å². The van der Waals surface area contributed by atoms with Crippen LogP contribution in [0.4, 0.5) is 5.69 Å². The molecular weight excluding hydrogens is 346 g/mol. The third-order valence-corrected chi connectivity index (χ3v) is 4.30. The van der Waals surface area contributed by atoms with Crippen LogP contribution in [0.2, 0.25) is 5.02 Å². The van der Waals surface area contributed by atoms with Gasteiger partial charge in [0.15, 0.2) is 11.6 Å². The number of ketones is 2. The lowest BCUT2D eigenvalue weighted by molar-refractivity contribution is 0.0984. The maximum atomic E-state index is 12.6. The normalized spacial score (nSPS) is 10.3. The summed E-state index contributed by atoms with van der Waals surface area (Å²) in [5.41, 5.74) is 2.03. The van der Waals surface area contributed by atoms with Gasteiger partial charge in [-0.15, -0.1) is 0 Å². The second-order valence-corrected chi connectivity index (χ2v) is 6.35. The summed E-state index contributed by atoms with van der Waals surface area (Å²) in [6.07, 6.45) is 0. The van der Waals surface area contributed by atoms with Crippen LogP contribution in [-0.4, -0.2) is 24.7 Å². The molecule has 3 rings (SSSR count). The zero-order chi connectivity index (χ0) is 18.4. The van der Waals surface area contributed by atoms with Crippen molar-refractivity contribution in [3.8, 4) is 0 Å². The highest BCUT2D eigenvalue weighted by atomic mass is 35.5. The van der Waals surface area contributed by atoms with Crippen LogP contribution in [0, 0.1) is 0 Å². The molecular formula is C22H18ClNO2. The van der Waals surface area contributed by atoms with E-state index in [0.717, 1.165) is 5.69 Å². The summed E-state index contributed by atoms with van der Waals surface area (Å²) in [6, 6.07) is 25.3. The number of carbonyl (C=O) groups excluding carboxylic acids is 2. The average molecular weight is 364 g/mol. The van der Waals surface area contributed by atoms with E-state index in [2.05, 4.69) is 0 Å². The molecule has 0 amide bonds. The number of anilines is 1. The van der Waals surface area contributed by atoms with Gasteiger partial charge in [0.1, 0.15) is 0 Å². The van der Waals surface area contributed by atoms with Gasteiger partial charge in [0.2, 0.25) is 0 Å². The number of halogens is 1. The molecule has 0 bridgehead atoms. The molecule has 0 aromatic heterocycles. The van der Waals surface area contributed by atoms with Gasteiger partial charge in [0, 0.05) is 21.8 Å². The van der Waals surface area contributed by atoms with Gasteiger partial charge in [-0.2, -0.15) is 0 Å². The summed E-state index contributed by atoms with van der Waals surface area (Å²) < 4.78 is 0. The number of rotatable bonds is 7. The van der Waals surface area contributed by atoms with Crippen molar-refractivity contribution in [2.75, 3.05) is 18.0 Å². The van der Waals surface area contributed by atoms with Crippen molar-refractivity contribution in [2.45, 2.75) is 0 Å². The number of nitrogens with zero attached hydrogens (tertiary/aromatic N) is 1. The molecule has 0 saturated carbocycles. The first kappa shape index (κ1) is 17.9. The Morgan fingerprint density at radius 2 is 1.08 bits per heavy atom. The van der Waals surface area contributed by atoms with E-state index in [4.69, 9.17) is 11.6 Å². The molecule has 0 aliphatic heterocycles. The van der Waals surface area contributed by atoms with E-state index in [1.54, 1.807) is 41.3 Å². The van der Waals surface area contributed by atoms with E-state index in [0.29, 0.717) is 16.1 Å². The molecule has 26 heavy (non-hydrogen) atoms. The first-order valence-electron chi connectivity index (χ1n) is 8.30. The van der Waals surface area contributed by atoms with Crippen LogP contribution in [0.1, 0.15) is 20.7 Å². The van der Waals surface area contributed by atoms with Crippen LogP contribution in [0.25, 0.3) is 0 Å². The summed E-state index contributed by atoms with van der Waals surface area (Å²) in [5, 5.41) is 0.609. The Balaban J connectivity index is 1.83. The van der Waals surface area contributed by atoms with Crippen LogP contribution in [0.5, 0.6) is 0 Å². The van der Waals surface area contributed by atoms with Gasteiger partial charge in [0.05, 0.1) is 13.1 Å². The topological polar surface area (TPSA) is 37.4 Å². The highest BCUT2D eigenvalue weighted by molar-refractivity contribution is 6.30. The predicted molar refractivity (Wildman–Crippen MR) is 105 cm³/mol. The van der Waals surface area contributed by atoms with Gasteiger partial charge in [-0.1, -0.05) is 72.3 Å². The number of Topliss-reactive ketones (excluding diaryl/α,β-unsaturated/α-hetero) is 2. The SMILES string of the molecule is O=C(CN(CC(=O)c1ccccc1)c1ccc(Cl)cc1)c1ccccc1. The van der Waals surface area contributed by atoms with E-state index in [-0.39, 0.29) is 24.7 Å². The smallest absolute Gasteiger partial charge is 0.182 e. The Kier molecular flexibility index (Phi) is 5.82. The van der Waals surface area contributed by atoms with Crippen molar-refractivity contribution in [2.24, 2.45) is 0 Å². The van der Waals surface area contributed by atoms with Gasteiger partial charge in [0.25, 0.3) is 0 Å². The summed E-state index contributed by atoms with van der Waals surface area (Å²) in [7, 11) is 0. The van der Waals surface area contributed by atoms with E-state index in [1.165, 1.54) is 0 Å². The largest absolute Gasteiger partial charge is 0.356 e. The molecule has 0 unspecified atom stereocenters. The number of hydrogen-bond acceptors (Lipinski definition) is 3. The summed E-state index contributed by atoms with van der Waals surface area (Å²) in [6.45, 7) is 0.231. The fourth-order valence-corrected chi connectivity index (χ4v) is 2.79. The average Bonchev–Trinajstić information content (AvgIpc) is 2.69. The number of hydrogen-bond donors (Lipinski definition) is 0. The van der Waals surface area contributed by atoms with Gasteiger partial charge >= 0.3 is 0 Å². The molecule has 3 aromatic carbocycles. The third-order valence-electron chi connectivity index (χ3n) is 4.05. The Labute approximate surface area is 157 Å². The minimum Gasteiger partial charge on any atom is -0.356 e. The van der Waals surface area contributed by atoms with Crippen molar-refractivity contribution < 1.29 is 9.59 Å². The quantitative estimate of drug-likeness (QED) is 0.559. The van der Waals surface area contributed by atoms with E-state index >= 15 is 0 Å². The second kappa shape index (κ2) is 8.45. The Morgan fingerprint density at radius 1 is 0.654 bits per heavy atom. The number of carbonyl (C=O) groups is 2. The van der Waals surface area contributed by atoms with Crippen molar-refractivity contribution >= 4 is 28.9 Å². The van der Waals surface area contributed by atoms with Crippen LogP contribution in [0.3, 0.4) is 0 Å². The number of benzene rings is 3. The highest BCUT2D eigenvalue weighted by Gasteiger charge is 2.17. The van der Waals surface area contributed by atoms with E-state index in [1.807, 2.05) is 48.5 Å². The first-order valence-corrected chi connectivity index (χ1v) is 8.68. The standard InChI is InChI=1S/C22H18ClNO2/c23-19-11-13-20(14-12-19)24(15-21(25)17-7-3-1-4-8-17)16-22(26)18-9-5-2-6-10-18/h1-14H,15-16H2. The van der Waals surface area contributed by atoms with Crippen LogP contribution in [0.15, 0.2) is 84.9 Å². The van der Waals surface area contributed by atoms with Crippen molar-refractivity contribution in [1.82, 2.24) is 0 Å². The van der Waals surface area contributed by atoms with Gasteiger partial charge in [-0.3, -0.25) is 9.59 Å². The van der Waals surface area contributed by atoms with Gasteiger partial charge in [-0.25, -0.2) is 0 Å². The Bertz CT molecular complexity index is 824. The Hall–Kier alpha value is -2.91. The lowest BCUT2D eigenvalue weighted by atomic mass is 10.1. The molecule has 3 aromatic rings. The highest BCUT2D eigenvalue weighted by Crippen LogP contribution is 2.19. The molecule has 4 heteroatoms.